The molecule has 12 heteroatoms. The topological polar surface area (TPSA) is 107 Å². The smallest absolute Gasteiger partial charge is 0.232 e. The van der Waals surface area contributed by atoms with Crippen LogP contribution in [0.4, 0.5) is 15.3 Å². The van der Waals surface area contributed by atoms with Gasteiger partial charge >= 0.3 is 0 Å². The zero-order chi connectivity index (χ0) is 32.2. The zero-order valence-electron chi connectivity index (χ0n) is 26.0. The molecule has 3 heterocycles. The number of sulfonamides is 1. The minimum atomic E-state index is -3.44. The van der Waals surface area contributed by atoms with Gasteiger partial charge in [-0.3, -0.25) is 8.71 Å². The Balaban J connectivity index is 1.88. The number of nitrogens with zero attached hydrogens (tertiary/aromatic N) is 7. The average molecular weight is 634 g/mol. The molecule has 0 aliphatic heterocycles. The lowest BCUT2D eigenvalue weighted by atomic mass is 10.1. The Kier molecular flexibility index (Phi) is 10.0. The number of aryl methyl sites for hydroxylation is 1. The van der Waals surface area contributed by atoms with Crippen molar-refractivity contribution in [2.45, 2.75) is 47.5 Å². The first-order valence-electron chi connectivity index (χ1n) is 14.2. The van der Waals surface area contributed by atoms with Gasteiger partial charge in [0, 0.05) is 42.7 Å². The van der Waals surface area contributed by atoms with Crippen molar-refractivity contribution in [3.05, 3.63) is 82.4 Å². The van der Waals surface area contributed by atoms with Gasteiger partial charge in [-0.2, -0.15) is 5.26 Å². The van der Waals surface area contributed by atoms with Crippen molar-refractivity contribution in [1.82, 2.24) is 18.7 Å². The molecule has 0 aliphatic carbocycles. The first-order valence-corrected chi connectivity index (χ1v) is 16.9. The molecule has 0 bridgehead atoms. The lowest BCUT2D eigenvalue weighted by molar-refractivity contribution is 0.558. The van der Waals surface area contributed by atoms with E-state index in [0.717, 1.165) is 50.9 Å². The summed E-state index contributed by atoms with van der Waals surface area (Å²) in [6.07, 6.45) is 8.37. The van der Waals surface area contributed by atoms with Crippen LogP contribution in [-0.2, 0) is 16.4 Å². The number of nitriles is 1. The number of aromatic nitrogens is 3. The van der Waals surface area contributed by atoms with Gasteiger partial charge in [0.25, 0.3) is 0 Å². The van der Waals surface area contributed by atoms with E-state index in [1.807, 2.05) is 54.5 Å². The highest BCUT2D eigenvalue weighted by atomic mass is 32.2. The molecule has 3 aromatic heterocycles. The molecule has 4 aromatic rings. The summed E-state index contributed by atoms with van der Waals surface area (Å²) < 4.78 is 40.8. The molecule has 44 heavy (non-hydrogen) atoms. The van der Waals surface area contributed by atoms with Crippen molar-refractivity contribution in [2.75, 3.05) is 24.7 Å². The number of amidine groups is 1. The van der Waals surface area contributed by atoms with Crippen molar-refractivity contribution >= 4 is 49.4 Å². The van der Waals surface area contributed by atoms with E-state index in [2.05, 4.69) is 18.0 Å². The van der Waals surface area contributed by atoms with Crippen LogP contribution in [0, 0.1) is 17.1 Å². The number of hydrogen-bond acceptors (Lipinski definition) is 8. The molecule has 4 rings (SSSR count). The number of thiazole rings is 1. The summed E-state index contributed by atoms with van der Waals surface area (Å²) in [4.78, 5) is 16.7. The van der Waals surface area contributed by atoms with E-state index in [4.69, 9.17) is 9.97 Å². The van der Waals surface area contributed by atoms with Crippen molar-refractivity contribution in [2.24, 2.45) is 4.99 Å². The molecule has 0 unspecified atom stereocenters. The molecule has 0 spiro atoms. The van der Waals surface area contributed by atoms with E-state index in [1.165, 1.54) is 30.5 Å². The van der Waals surface area contributed by atoms with Crippen LogP contribution in [0.15, 0.2) is 65.4 Å². The SMILES string of the molecule is CC\C(C)=C/C(=C\N=C(/C)N(C)S(C)(=O)=O)c1ccc2nc(CC)c(N(CC)c3nc(-c4ccc(F)cc4)c(C#N)s3)n2c1. The monoisotopic (exact) mass is 633 g/mol. The van der Waals surface area contributed by atoms with Crippen molar-refractivity contribution in [3.8, 4) is 17.3 Å². The highest BCUT2D eigenvalue weighted by Gasteiger charge is 2.24. The minimum absolute atomic E-state index is 0.344. The third kappa shape index (κ3) is 6.90. The Hall–Kier alpha value is -4.34. The van der Waals surface area contributed by atoms with Crippen LogP contribution in [0.2, 0.25) is 0 Å². The van der Waals surface area contributed by atoms with E-state index in [9.17, 15) is 18.1 Å². The van der Waals surface area contributed by atoms with Gasteiger partial charge in [0.15, 0.2) is 5.13 Å². The third-order valence-corrected chi connectivity index (χ3v) is 9.51. The van der Waals surface area contributed by atoms with Gasteiger partial charge in [0.2, 0.25) is 10.0 Å². The normalized spacial score (nSPS) is 12.9. The summed E-state index contributed by atoms with van der Waals surface area (Å²) in [5.41, 5.74) is 5.62. The van der Waals surface area contributed by atoms with Crippen molar-refractivity contribution in [3.63, 3.8) is 0 Å². The van der Waals surface area contributed by atoms with Crippen molar-refractivity contribution < 1.29 is 12.8 Å². The number of rotatable bonds is 10. The second-order valence-electron chi connectivity index (χ2n) is 10.3. The second-order valence-corrected chi connectivity index (χ2v) is 13.2. The predicted octanol–water partition coefficient (Wildman–Crippen LogP) is 7.20. The van der Waals surface area contributed by atoms with Crippen LogP contribution in [0.1, 0.15) is 57.2 Å². The number of anilines is 2. The number of pyridine rings is 1. The number of hydrogen-bond donors (Lipinski definition) is 0. The van der Waals surface area contributed by atoms with Gasteiger partial charge < -0.3 is 4.90 Å². The fourth-order valence-electron chi connectivity index (χ4n) is 4.50. The van der Waals surface area contributed by atoms with Crippen LogP contribution in [0.25, 0.3) is 22.5 Å². The Morgan fingerprint density at radius 2 is 1.84 bits per heavy atom. The number of halogens is 1. The average Bonchev–Trinajstić information content (AvgIpc) is 3.60. The molecule has 9 nitrogen and oxygen atoms in total. The molecular formula is C32H36FN7O2S2. The first-order chi connectivity index (χ1) is 20.9. The van der Waals surface area contributed by atoms with E-state index < -0.39 is 10.0 Å². The zero-order valence-corrected chi connectivity index (χ0v) is 27.6. The number of imidazole rings is 1. The summed E-state index contributed by atoms with van der Waals surface area (Å²) in [5.74, 6) is 0.826. The van der Waals surface area contributed by atoms with Crippen LogP contribution in [0.3, 0.4) is 0 Å². The van der Waals surface area contributed by atoms with Gasteiger partial charge in [0.05, 0.1) is 11.9 Å². The minimum Gasteiger partial charge on any atom is -0.302 e. The van der Waals surface area contributed by atoms with Gasteiger partial charge in [-0.05, 0) is 70.0 Å². The van der Waals surface area contributed by atoms with E-state index in [0.29, 0.717) is 40.1 Å². The number of aliphatic imine (C=N–C) groups is 1. The molecule has 0 saturated heterocycles. The number of allylic oxidation sites excluding steroid dienone is 3. The van der Waals surface area contributed by atoms with Crippen molar-refractivity contribution in [1.29, 1.82) is 5.26 Å². The van der Waals surface area contributed by atoms with E-state index in [1.54, 1.807) is 25.3 Å². The highest BCUT2D eigenvalue weighted by molar-refractivity contribution is 7.88. The lowest BCUT2D eigenvalue weighted by Gasteiger charge is -2.21. The number of benzene rings is 1. The maximum atomic E-state index is 13.6. The largest absolute Gasteiger partial charge is 0.302 e. The first kappa shape index (κ1) is 32.6. The summed E-state index contributed by atoms with van der Waals surface area (Å²) >= 11 is 1.28. The molecular weight excluding hydrogens is 598 g/mol. The second kappa shape index (κ2) is 13.5. The fraction of sp³-hybridized carbons (Fsp3) is 0.312. The Morgan fingerprint density at radius 1 is 1.14 bits per heavy atom. The molecule has 0 radical (unpaired) electrons. The molecule has 1 aromatic carbocycles. The Labute approximate surface area is 262 Å². The highest BCUT2D eigenvalue weighted by Crippen LogP contribution is 2.38. The molecule has 0 N–H and O–H groups in total. The molecule has 0 amide bonds. The maximum Gasteiger partial charge on any atom is 0.232 e. The van der Waals surface area contributed by atoms with Gasteiger partial charge in [-0.25, -0.2) is 27.8 Å². The Morgan fingerprint density at radius 3 is 2.43 bits per heavy atom. The molecule has 0 saturated carbocycles. The molecule has 0 fully saturated rings. The maximum absolute atomic E-state index is 13.6. The summed E-state index contributed by atoms with van der Waals surface area (Å²) in [6.45, 7) is 10.4. The van der Waals surface area contributed by atoms with Crippen LogP contribution < -0.4 is 4.90 Å². The fourth-order valence-corrected chi connectivity index (χ4v) is 5.98. The van der Waals surface area contributed by atoms with Gasteiger partial charge in [-0.15, -0.1) is 0 Å². The summed E-state index contributed by atoms with van der Waals surface area (Å²) in [5, 5.41) is 10.5. The lowest BCUT2D eigenvalue weighted by Crippen LogP contribution is -2.30. The third-order valence-electron chi connectivity index (χ3n) is 7.27. The molecule has 230 valence electrons. The van der Waals surface area contributed by atoms with E-state index in [-0.39, 0.29) is 5.82 Å². The summed E-state index contributed by atoms with van der Waals surface area (Å²) in [7, 11) is -1.97. The van der Waals surface area contributed by atoms with Crippen LogP contribution >= 0.6 is 11.3 Å². The van der Waals surface area contributed by atoms with Gasteiger partial charge in [-0.1, -0.05) is 36.8 Å². The van der Waals surface area contributed by atoms with Crippen LogP contribution in [0.5, 0.6) is 0 Å². The molecule has 0 aliphatic rings. The van der Waals surface area contributed by atoms with Gasteiger partial charge in [0.1, 0.15) is 39.8 Å². The predicted molar refractivity (Wildman–Crippen MR) is 177 cm³/mol. The van der Waals surface area contributed by atoms with Crippen LogP contribution in [-0.4, -0.2) is 52.8 Å². The molecule has 0 atom stereocenters. The quantitative estimate of drug-likeness (QED) is 0.104. The number of fused-ring (bicyclic) bond motifs is 1. The standard InChI is InChI=1S/C32H36FN7O2S2/c1-8-21(4)17-25(19-35-22(5)38(6)44(7,41)42)24-13-16-29-36-27(9-2)31(40(29)20-24)39(10-3)32-37-30(28(18-34)43-32)23-11-14-26(33)15-12-23/h11-17,19-20H,8-10H2,1-7H3/b21-17-,25-19+,35-22+. The summed E-state index contributed by atoms with van der Waals surface area (Å²) in [6, 6.07) is 12.1. The Bertz CT molecular complexity index is 1910. The van der Waals surface area contributed by atoms with E-state index >= 15 is 0 Å².